The molecule has 24 heavy (non-hydrogen) atoms. The van der Waals surface area contributed by atoms with Crippen LogP contribution in [0, 0.1) is 0 Å². The lowest BCUT2D eigenvalue weighted by Crippen LogP contribution is -2.22. The Kier molecular flexibility index (Phi) is 3.40. The van der Waals surface area contributed by atoms with Crippen LogP contribution in [0.4, 0.5) is 5.69 Å². The highest BCUT2D eigenvalue weighted by Gasteiger charge is 2.28. The van der Waals surface area contributed by atoms with Crippen LogP contribution < -0.4 is 5.32 Å². The number of nitrogens with one attached hydrogen (secondary N) is 1. The summed E-state index contributed by atoms with van der Waals surface area (Å²) in [6, 6.07) is 14.2. The number of pyridine rings is 1. The van der Waals surface area contributed by atoms with Crippen LogP contribution in [0.3, 0.4) is 0 Å². The summed E-state index contributed by atoms with van der Waals surface area (Å²) in [5.41, 5.74) is 2.33. The maximum absolute atomic E-state index is 12.7. The van der Waals surface area contributed by atoms with E-state index in [1.165, 1.54) is 12.3 Å². The first-order valence-corrected chi connectivity index (χ1v) is 7.72. The Labute approximate surface area is 142 Å². The van der Waals surface area contributed by atoms with Crippen LogP contribution in [-0.2, 0) is 0 Å². The number of halogens is 1. The number of aromatic nitrogens is 1. The summed E-state index contributed by atoms with van der Waals surface area (Å²) in [6.45, 7) is 0. The molecule has 0 bridgehead atoms. The topological polar surface area (TPSA) is 59.1 Å². The average Bonchev–Trinajstić information content (AvgIpc) is 2.60. The van der Waals surface area contributed by atoms with Gasteiger partial charge in [-0.15, -0.1) is 0 Å². The van der Waals surface area contributed by atoms with Crippen molar-refractivity contribution >= 4 is 39.8 Å². The van der Waals surface area contributed by atoms with E-state index >= 15 is 0 Å². The summed E-state index contributed by atoms with van der Waals surface area (Å²) in [5, 5.41) is 4.27. The number of hydrogen-bond donors (Lipinski definition) is 1. The predicted molar refractivity (Wildman–Crippen MR) is 93.6 cm³/mol. The van der Waals surface area contributed by atoms with Crippen molar-refractivity contribution in [3.63, 3.8) is 0 Å². The molecule has 0 aliphatic heterocycles. The molecule has 4 nitrogen and oxygen atoms in total. The number of hydrogen-bond acceptors (Lipinski definition) is 4. The van der Waals surface area contributed by atoms with Gasteiger partial charge in [0.25, 0.3) is 0 Å². The van der Waals surface area contributed by atoms with Crippen molar-refractivity contribution in [2.75, 3.05) is 5.32 Å². The molecular formula is C19H11ClN2O2. The highest BCUT2D eigenvalue weighted by molar-refractivity contribution is 6.31. The Bertz CT molecular complexity index is 1020. The number of anilines is 1. The number of nitrogens with zero attached hydrogens (tertiary/aromatic N) is 1. The molecule has 0 fully saturated rings. The molecule has 0 atom stereocenters. The fourth-order valence-corrected chi connectivity index (χ4v) is 2.90. The molecule has 0 unspecified atom stereocenters. The van der Waals surface area contributed by atoms with Gasteiger partial charge in [-0.3, -0.25) is 14.6 Å². The first kappa shape index (κ1) is 14.6. The number of benzene rings is 2. The van der Waals surface area contributed by atoms with E-state index in [1.807, 2.05) is 18.2 Å². The van der Waals surface area contributed by atoms with Crippen LogP contribution in [0.25, 0.3) is 10.9 Å². The minimum Gasteiger partial charge on any atom is -0.352 e. The second kappa shape index (κ2) is 5.58. The Balaban J connectivity index is 1.78. The van der Waals surface area contributed by atoms with Gasteiger partial charge in [0, 0.05) is 33.9 Å². The smallest absolute Gasteiger partial charge is 0.211 e. The Hall–Kier alpha value is -2.98. The van der Waals surface area contributed by atoms with Gasteiger partial charge in [0.2, 0.25) is 5.78 Å². The third-order valence-corrected chi connectivity index (χ3v) is 4.16. The molecule has 0 amide bonds. The number of rotatable bonds is 2. The lowest BCUT2D eigenvalue weighted by atomic mass is 9.91. The van der Waals surface area contributed by atoms with E-state index in [0.29, 0.717) is 32.7 Å². The Morgan fingerprint density at radius 3 is 2.50 bits per heavy atom. The zero-order chi connectivity index (χ0) is 16.7. The second-order valence-corrected chi connectivity index (χ2v) is 5.88. The molecule has 1 heterocycles. The van der Waals surface area contributed by atoms with Crippen LogP contribution in [0.2, 0.25) is 5.02 Å². The molecule has 3 aromatic rings. The first-order chi connectivity index (χ1) is 11.6. The predicted octanol–water partition coefficient (Wildman–Crippen LogP) is 4.26. The van der Waals surface area contributed by atoms with E-state index in [2.05, 4.69) is 10.3 Å². The minimum absolute atomic E-state index is 0.209. The zero-order valence-corrected chi connectivity index (χ0v) is 13.2. The summed E-state index contributed by atoms with van der Waals surface area (Å²) < 4.78 is 0. The number of ketones is 2. The number of carbonyl (C=O) groups is 2. The highest BCUT2D eigenvalue weighted by atomic mass is 35.5. The SMILES string of the molecule is O=C1C(Nc2ccc(Cl)cc2)=CC(=O)c2c1cnc1ccccc21. The number of allylic oxidation sites excluding steroid dienone is 2. The number of Topliss-reactive ketones (excluding diaryl/α,β-unsaturated/α-hetero) is 1. The summed E-state index contributed by atoms with van der Waals surface area (Å²) in [6.07, 6.45) is 2.81. The molecule has 0 radical (unpaired) electrons. The summed E-state index contributed by atoms with van der Waals surface area (Å²) in [5.74, 6) is -0.461. The van der Waals surface area contributed by atoms with Crippen LogP contribution in [0.1, 0.15) is 20.7 Å². The van der Waals surface area contributed by atoms with Crippen LogP contribution in [0.15, 0.2) is 66.5 Å². The largest absolute Gasteiger partial charge is 0.352 e. The van der Waals surface area contributed by atoms with E-state index in [-0.39, 0.29) is 17.3 Å². The molecule has 1 aliphatic rings. The molecule has 1 N–H and O–H groups in total. The van der Waals surface area contributed by atoms with Crippen LogP contribution in [-0.4, -0.2) is 16.6 Å². The maximum Gasteiger partial charge on any atom is 0.211 e. The zero-order valence-electron chi connectivity index (χ0n) is 12.4. The van der Waals surface area contributed by atoms with E-state index in [0.717, 1.165) is 0 Å². The number of carbonyl (C=O) groups excluding carboxylic acids is 2. The van der Waals surface area contributed by atoms with Gasteiger partial charge in [0.05, 0.1) is 16.8 Å². The van der Waals surface area contributed by atoms with E-state index in [9.17, 15) is 9.59 Å². The maximum atomic E-state index is 12.7. The van der Waals surface area contributed by atoms with Gasteiger partial charge in [-0.05, 0) is 30.3 Å². The Morgan fingerprint density at radius 2 is 1.71 bits per heavy atom. The van der Waals surface area contributed by atoms with Crippen LogP contribution in [0.5, 0.6) is 0 Å². The first-order valence-electron chi connectivity index (χ1n) is 7.34. The second-order valence-electron chi connectivity index (χ2n) is 5.45. The molecule has 4 rings (SSSR count). The Morgan fingerprint density at radius 1 is 0.958 bits per heavy atom. The third kappa shape index (κ3) is 2.37. The fraction of sp³-hybridized carbons (Fsp3) is 0. The van der Waals surface area contributed by atoms with Crippen molar-refractivity contribution in [1.82, 2.24) is 4.98 Å². The van der Waals surface area contributed by atoms with E-state index in [1.54, 1.807) is 30.3 Å². The molecule has 0 spiro atoms. The van der Waals surface area contributed by atoms with Gasteiger partial charge < -0.3 is 5.32 Å². The molecule has 5 heteroatoms. The van der Waals surface area contributed by atoms with E-state index < -0.39 is 0 Å². The summed E-state index contributed by atoms with van der Waals surface area (Å²) in [4.78, 5) is 29.6. The van der Waals surface area contributed by atoms with E-state index in [4.69, 9.17) is 11.6 Å². The quantitative estimate of drug-likeness (QED) is 0.760. The summed E-state index contributed by atoms with van der Waals surface area (Å²) in [7, 11) is 0. The van der Waals surface area contributed by atoms with Gasteiger partial charge in [-0.25, -0.2) is 0 Å². The van der Waals surface area contributed by atoms with Crippen molar-refractivity contribution in [1.29, 1.82) is 0 Å². The number of para-hydroxylation sites is 1. The number of fused-ring (bicyclic) bond motifs is 3. The lowest BCUT2D eigenvalue weighted by molar-refractivity contribution is 0.0986. The van der Waals surface area contributed by atoms with Crippen molar-refractivity contribution in [3.8, 4) is 0 Å². The van der Waals surface area contributed by atoms with Gasteiger partial charge in [-0.1, -0.05) is 29.8 Å². The molecule has 116 valence electrons. The molecule has 1 aliphatic carbocycles. The summed E-state index contributed by atoms with van der Waals surface area (Å²) >= 11 is 5.86. The average molecular weight is 335 g/mol. The molecule has 0 saturated heterocycles. The molecule has 0 saturated carbocycles. The normalized spacial score (nSPS) is 13.6. The van der Waals surface area contributed by atoms with Crippen molar-refractivity contribution in [2.45, 2.75) is 0 Å². The molecular weight excluding hydrogens is 324 g/mol. The monoisotopic (exact) mass is 334 g/mol. The highest BCUT2D eigenvalue weighted by Crippen LogP contribution is 2.28. The van der Waals surface area contributed by atoms with Gasteiger partial charge in [0.1, 0.15) is 0 Å². The van der Waals surface area contributed by atoms with Gasteiger partial charge >= 0.3 is 0 Å². The van der Waals surface area contributed by atoms with Crippen molar-refractivity contribution < 1.29 is 9.59 Å². The molecule has 2 aromatic carbocycles. The fourth-order valence-electron chi connectivity index (χ4n) is 2.77. The van der Waals surface area contributed by atoms with Crippen LogP contribution >= 0.6 is 11.6 Å². The van der Waals surface area contributed by atoms with Gasteiger partial charge in [0.15, 0.2) is 5.78 Å². The minimum atomic E-state index is -0.252. The lowest BCUT2D eigenvalue weighted by Gasteiger charge is -2.17. The third-order valence-electron chi connectivity index (χ3n) is 3.91. The van der Waals surface area contributed by atoms with Crippen molar-refractivity contribution in [3.05, 3.63) is 82.7 Å². The van der Waals surface area contributed by atoms with Gasteiger partial charge in [-0.2, -0.15) is 0 Å². The van der Waals surface area contributed by atoms with Crippen molar-refractivity contribution in [2.24, 2.45) is 0 Å². The standard InChI is InChI=1S/C19H11ClN2O2/c20-11-5-7-12(8-6-11)22-16-9-17(23)18-13-3-1-2-4-15(13)21-10-14(18)19(16)24/h1-10,22H. The molecule has 1 aromatic heterocycles.